The van der Waals surface area contributed by atoms with Gasteiger partial charge in [0.05, 0.1) is 0 Å². The Labute approximate surface area is 103 Å². The molecule has 2 unspecified atom stereocenters. The van der Waals surface area contributed by atoms with Crippen molar-refractivity contribution in [3.05, 3.63) is 11.6 Å². The second-order valence-electron chi connectivity index (χ2n) is 5.00. The summed E-state index contributed by atoms with van der Waals surface area (Å²) < 4.78 is 0. The smallest absolute Gasteiger partial charge is 0.0456 e. The summed E-state index contributed by atoms with van der Waals surface area (Å²) in [6.45, 7) is 0. The highest BCUT2D eigenvalue weighted by Gasteiger charge is 2.27. The molecular formula is C13H24N2S. The number of hydrogen-bond acceptors (Lipinski definition) is 3. The fraction of sp³-hybridized carbons (Fsp3) is 0.846. The standard InChI is InChI=1S/C13H24N2S/c14-15-13(12-8-9-16-10-12)11-6-4-2-1-3-5-7-11/h6,12-13,15H,1-5,7-10,14H2. The normalized spacial score (nSPS) is 29.3. The van der Waals surface area contributed by atoms with E-state index in [0.29, 0.717) is 6.04 Å². The van der Waals surface area contributed by atoms with Crippen LogP contribution in [-0.4, -0.2) is 17.5 Å². The predicted molar refractivity (Wildman–Crippen MR) is 72.3 cm³/mol. The Morgan fingerprint density at radius 3 is 2.94 bits per heavy atom. The minimum atomic E-state index is 0.452. The Bertz CT molecular complexity index is 234. The topological polar surface area (TPSA) is 38.0 Å². The molecule has 0 spiro atoms. The number of hydrazine groups is 1. The van der Waals surface area contributed by atoms with Crippen LogP contribution in [0.4, 0.5) is 0 Å². The van der Waals surface area contributed by atoms with Crippen LogP contribution in [0, 0.1) is 5.92 Å². The lowest BCUT2D eigenvalue weighted by Crippen LogP contribution is -2.42. The second-order valence-corrected chi connectivity index (χ2v) is 6.15. The molecular weight excluding hydrogens is 216 g/mol. The molecule has 0 amide bonds. The van der Waals surface area contributed by atoms with Crippen molar-refractivity contribution in [1.29, 1.82) is 0 Å². The Balaban J connectivity index is 1.99. The van der Waals surface area contributed by atoms with Crippen molar-refractivity contribution < 1.29 is 0 Å². The first kappa shape index (κ1) is 12.5. The van der Waals surface area contributed by atoms with Gasteiger partial charge in [0.2, 0.25) is 0 Å². The summed E-state index contributed by atoms with van der Waals surface area (Å²) >= 11 is 2.08. The third-order valence-corrected chi connectivity index (χ3v) is 5.03. The first-order valence-corrected chi connectivity index (χ1v) is 7.80. The van der Waals surface area contributed by atoms with Gasteiger partial charge in [-0.3, -0.25) is 11.3 Å². The van der Waals surface area contributed by atoms with E-state index in [1.165, 1.54) is 56.5 Å². The molecule has 16 heavy (non-hydrogen) atoms. The Morgan fingerprint density at radius 2 is 2.19 bits per heavy atom. The number of thioether (sulfide) groups is 1. The number of nitrogens with one attached hydrogen (secondary N) is 1. The molecule has 3 heteroatoms. The van der Waals surface area contributed by atoms with E-state index in [1.54, 1.807) is 5.57 Å². The third-order valence-electron chi connectivity index (χ3n) is 3.84. The molecule has 0 aromatic heterocycles. The van der Waals surface area contributed by atoms with Gasteiger partial charge < -0.3 is 0 Å². The quantitative estimate of drug-likeness (QED) is 0.452. The maximum Gasteiger partial charge on any atom is 0.0456 e. The zero-order valence-corrected chi connectivity index (χ0v) is 10.9. The fourth-order valence-electron chi connectivity index (χ4n) is 2.86. The second kappa shape index (κ2) is 6.67. The van der Waals surface area contributed by atoms with Crippen LogP contribution in [0.2, 0.25) is 0 Å². The zero-order chi connectivity index (χ0) is 11.2. The van der Waals surface area contributed by atoms with Gasteiger partial charge in [0.25, 0.3) is 0 Å². The van der Waals surface area contributed by atoms with Crippen LogP contribution in [0.5, 0.6) is 0 Å². The molecule has 1 aliphatic carbocycles. The van der Waals surface area contributed by atoms with Crippen LogP contribution in [0.3, 0.4) is 0 Å². The SMILES string of the molecule is NNC(C1=CCCCCCC1)C1CCSC1. The van der Waals surface area contributed by atoms with E-state index < -0.39 is 0 Å². The van der Waals surface area contributed by atoms with E-state index in [2.05, 4.69) is 23.3 Å². The lowest BCUT2D eigenvalue weighted by atomic mass is 9.87. The maximum absolute atomic E-state index is 5.77. The van der Waals surface area contributed by atoms with Gasteiger partial charge >= 0.3 is 0 Å². The average Bonchev–Trinajstić information content (AvgIpc) is 2.75. The van der Waals surface area contributed by atoms with Crippen LogP contribution in [0.15, 0.2) is 11.6 Å². The molecule has 92 valence electrons. The molecule has 0 bridgehead atoms. The summed E-state index contributed by atoms with van der Waals surface area (Å²) in [4.78, 5) is 0. The molecule has 0 aromatic rings. The third kappa shape index (κ3) is 3.25. The van der Waals surface area contributed by atoms with E-state index in [0.717, 1.165) is 5.92 Å². The molecule has 1 aliphatic heterocycles. The van der Waals surface area contributed by atoms with Gasteiger partial charge in [0.15, 0.2) is 0 Å². The molecule has 2 rings (SSSR count). The van der Waals surface area contributed by atoms with Crippen molar-refractivity contribution in [3.8, 4) is 0 Å². The summed E-state index contributed by atoms with van der Waals surface area (Å²) in [7, 11) is 0. The zero-order valence-electron chi connectivity index (χ0n) is 10.1. The van der Waals surface area contributed by atoms with E-state index in [1.807, 2.05) is 0 Å². The highest BCUT2D eigenvalue weighted by Crippen LogP contribution is 2.31. The first-order chi connectivity index (χ1) is 7.92. The molecule has 2 nitrogen and oxygen atoms in total. The molecule has 2 atom stereocenters. The lowest BCUT2D eigenvalue weighted by molar-refractivity contribution is 0.417. The largest absolute Gasteiger partial charge is 0.271 e. The highest BCUT2D eigenvalue weighted by molar-refractivity contribution is 7.99. The van der Waals surface area contributed by atoms with Crippen molar-refractivity contribution in [3.63, 3.8) is 0 Å². The van der Waals surface area contributed by atoms with E-state index in [4.69, 9.17) is 5.84 Å². The van der Waals surface area contributed by atoms with Crippen molar-refractivity contribution in [2.24, 2.45) is 11.8 Å². The predicted octanol–water partition coefficient (Wildman–Crippen LogP) is 2.85. The first-order valence-electron chi connectivity index (χ1n) is 6.64. The van der Waals surface area contributed by atoms with Crippen LogP contribution in [0.1, 0.15) is 44.9 Å². The van der Waals surface area contributed by atoms with Gasteiger partial charge in [-0.25, -0.2) is 0 Å². The van der Waals surface area contributed by atoms with Gasteiger partial charge in [-0.15, -0.1) is 0 Å². The average molecular weight is 240 g/mol. The molecule has 0 saturated carbocycles. The van der Waals surface area contributed by atoms with Crippen LogP contribution < -0.4 is 11.3 Å². The highest BCUT2D eigenvalue weighted by atomic mass is 32.2. The minimum Gasteiger partial charge on any atom is -0.271 e. The number of hydrogen-bond donors (Lipinski definition) is 2. The summed E-state index contributed by atoms with van der Waals surface area (Å²) in [5.41, 5.74) is 4.67. The molecule has 1 heterocycles. The van der Waals surface area contributed by atoms with E-state index >= 15 is 0 Å². The van der Waals surface area contributed by atoms with Crippen molar-refractivity contribution in [2.75, 3.05) is 11.5 Å². The van der Waals surface area contributed by atoms with Gasteiger partial charge in [-0.05, 0) is 49.5 Å². The Kier molecular flexibility index (Phi) is 5.20. The molecule has 0 aromatic carbocycles. The van der Waals surface area contributed by atoms with Crippen molar-refractivity contribution in [1.82, 2.24) is 5.43 Å². The summed E-state index contributed by atoms with van der Waals surface area (Å²) in [6.07, 6.45) is 11.8. The molecule has 0 radical (unpaired) electrons. The lowest BCUT2D eigenvalue weighted by Gasteiger charge is -2.26. The summed E-state index contributed by atoms with van der Waals surface area (Å²) in [5.74, 6) is 9.14. The fourth-order valence-corrected chi connectivity index (χ4v) is 4.16. The van der Waals surface area contributed by atoms with Crippen LogP contribution in [0.25, 0.3) is 0 Å². The van der Waals surface area contributed by atoms with Gasteiger partial charge in [0.1, 0.15) is 0 Å². The number of nitrogens with two attached hydrogens (primary N) is 1. The Morgan fingerprint density at radius 1 is 1.31 bits per heavy atom. The van der Waals surface area contributed by atoms with Crippen molar-refractivity contribution >= 4 is 11.8 Å². The van der Waals surface area contributed by atoms with Gasteiger partial charge in [-0.2, -0.15) is 11.8 Å². The Hall–Kier alpha value is 0.01000. The van der Waals surface area contributed by atoms with Gasteiger partial charge in [-0.1, -0.05) is 24.5 Å². The minimum absolute atomic E-state index is 0.452. The molecule has 2 aliphatic rings. The monoisotopic (exact) mass is 240 g/mol. The summed E-state index contributed by atoms with van der Waals surface area (Å²) in [5, 5.41) is 0. The van der Waals surface area contributed by atoms with Gasteiger partial charge in [0, 0.05) is 6.04 Å². The van der Waals surface area contributed by atoms with E-state index in [-0.39, 0.29) is 0 Å². The van der Waals surface area contributed by atoms with Crippen molar-refractivity contribution in [2.45, 2.75) is 51.0 Å². The van der Waals surface area contributed by atoms with Crippen LogP contribution >= 0.6 is 11.8 Å². The van der Waals surface area contributed by atoms with E-state index in [9.17, 15) is 0 Å². The number of rotatable bonds is 3. The number of allylic oxidation sites excluding steroid dienone is 1. The summed E-state index contributed by atoms with van der Waals surface area (Å²) in [6, 6.07) is 0.452. The van der Waals surface area contributed by atoms with Crippen LogP contribution in [-0.2, 0) is 0 Å². The maximum atomic E-state index is 5.77. The molecule has 1 saturated heterocycles. The molecule has 1 fully saturated rings. The molecule has 3 N–H and O–H groups in total.